The Balaban J connectivity index is 1.75. The third-order valence-corrected chi connectivity index (χ3v) is 3.87. The van der Waals surface area contributed by atoms with Crippen molar-refractivity contribution in [3.63, 3.8) is 0 Å². The number of carbonyl (C=O) groups excluding carboxylic acids is 1. The zero-order chi connectivity index (χ0) is 16.9. The Morgan fingerprint density at radius 3 is 2.57 bits per heavy atom. The van der Waals surface area contributed by atoms with Crippen LogP contribution in [-0.2, 0) is 17.8 Å². The Bertz CT molecular complexity index is 653. The molecule has 0 saturated carbocycles. The fourth-order valence-electron chi connectivity index (χ4n) is 1.86. The lowest BCUT2D eigenvalue weighted by molar-refractivity contribution is -0.274. The van der Waals surface area contributed by atoms with Crippen LogP contribution in [0, 0.1) is 6.92 Å². The molecule has 0 spiro atoms. The molecule has 8 heteroatoms. The van der Waals surface area contributed by atoms with Crippen molar-refractivity contribution in [3.05, 3.63) is 45.9 Å². The molecule has 0 fully saturated rings. The van der Waals surface area contributed by atoms with Gasteiger partial charge >= 0.3 is 6.36 Å². The number of thiazole rings is 1. The molecule has 0 atom stereocenters. The van der Waals surface area contributed by atoms with E-state index in [0.29, 0.717) is 13.0 Å². The van der Waals surface area contributed by atoms with Crippen molar-refractivity contribution in [1.29, 1.82) is 0 Å². The van der Waals surface area contributed by atoms with Gasteiger partial charge in [-0.15, -0.1) is 24.5 Å². The maximum absolute atomic E-state index is 12.0. The molecule has 0 bridgehead atoms. The number of aryl methyl sites for hydroxylation is 2. The van der Waals surface area contributed by atoms with Crippen LogP contribution in [0.2, 0.25) is 0 Å². The van der Waals surface area contributed by atoms with Crippen molar-refractivity contribution in [2.75, 3.05) is 0 Å². The van der Waals surface area contributed by atoms with Crippen molar-refractivity contribution in [3.8, 4) is 5.75 Å². The Morgan fingerprint density at radius 2 is 2.00 bits per heavy atom. The molecule has 2 rings (SSSR count). The number of ether oxygens (including phenoxy) is 1. The summed E-state index contributed by atoms with van der Waals surface area (Å²) < 4.78 is 39.9. The molecule has 0 aliphatic rings. The van der Waals surface area contributed by atoms with Crippen LogP contribution < -0.4 is 10.1 Å². The van der Waals surface area contributed by atoms with E-state index in [9.17, 15) is 18.0 Å². The molecule has 0 aliphatic carbocycles. The highest BCUT2D eigenvalue weighted by atomic mass is 32.1. The minimum Gasteiger partial charge on any atom is -0.406 e. The number of halogens is 3. The van der Waals surface area contributed by atoms with Crippen LogP contribution in [-0.4, -0.2) is 17.3 Å². The van der Waals surface area contributed by atoms with Gasteiger partial charge in [0.15, 0.2) is 0 Å². The summed E-state index contributed by atoms with van der Waals surface area (Å²) >= 11 is 1.48. The van der Waals surface area contributed by atoms with Crippen LogP contribution in [0.15, 0.2) is 29.6 Å². The average Bonchev–Trinajstić information content (AvgIpc) is 2.88. The van der Waals surface area contributed by atoms with E-state index in [4.69, 9.17) is 0 Å². The summed E-state index contributed by atoms with van der Waals surface area (Å²) in [4.78, 5) is 16.0. The van der Waals surface area contributed by atoms with Gasteiger partial charge in [-0.3, -0.25) is 4.79 Å². The number of aromatic nitrogens is 1. The smallest absolute Gasteiger partial charge is 0.406 e. The number of nitrogens with zero attached hydrogens (tertiary/aromatic N) is 1. The molecule has 124 valence electrons. The molecule has 23 heavy (non-hydrogen) atoms. The number of carbonyl (C=O) groups is 1. The minimum absolute atomic E-state index is 0.131. The highest BCUT2D eigenvalue weighted by molar-refractivity contribution is 7.09. The maximum Gasteiger partial charge on any atom is 0.573 e. The normalized spacial score (nSPS) is 11.3. The predicted octanol–water partition coefficient (Wildman–Crippen LogP) is 3.60. The number of alkyl halides is 3. The molecule has 1 aromatic carbocycles. The molecule has 0 saturated heterocycles. The van der Waals surface area contributed by atoms with E-state index < -0.39 is 6.36 Å². The van der Waals surface area contributed by atoms with Crippen molar-refractivity contribution in [2.45, 2.75) is 32.7 Å². The van der Waals surface area contributed by atoms with Crippen molar-refractivity contribution in [1.82, 2.24) is 10.3 Å². The standard InChI is InChI=1S/C15H15F3N2O2S/c1-10-9-23-14(20-10)8-19-13(21)7-4-11-2-5-12(6-3-11)22-15(16,17)18/h2-3,5-6,9H,4,7-8H2,1H3,(H,19,21). The average molecular weight is 344 g/mol. The molecular weight excluding hydrogens is 329 g/mol. The first-order valence-corrected chi connectivity index (χ1v) is 7.72. The fraction of sp³-hybridized carbons (Fsp3) is 0.333. The highest BCUT2D eigenvalue weighted by Crippen LogP contribution is 2.23. The topological polar surface area (TPSA) is 51.2 Å². The van der Waals surface area contributed by atoms with E-state index in [0.717, 1.165) is 16.3 Å². The Morgan fingerprint density at radius 1 is 1.30 bits per heavy atom. The Kier molecular flexibility index (Phi) is 5.59. The highest BCUT2D eigenvalue weighted by Gasteiger charge is 2.30. The molecule has 1 heterocycles. The van der Waals surface area contributed by atoms with Gasteiger partial charge in [0.25, 0.3) is 0 Å². The summed E-state index contributed by atoms with van der Waals surface area (Å²) in [6.07, 6.45) is -4.01. The fourth-order valence-corrected chi connectivity index (χ4v) is 2.57. The lowest BCUT2D eigenvalue weighted by atomic mass is 10.1. The third kappa shape index (κ3) is 6.27. The molecule has 4 nitrogen and oxygen atoms in total. The van der Waals surface area contributed by atoms with Gasteiger partial charge in [0.2, 0.25) is 5.91 Å². The molecule has 0 aliphatic heterocycles. The third-order valence-electron chi connectivity index (χ3n) is 2.90. The number of nitrogens with one attached hydrogen (secondary N) is 1. The molecule has 1 aromatic heterocycles. The molecule has 2 aromatic rings. The summed E-state index contributed by atoms with van der Waals surface area (Å²) in [7, 11) is 0. The van der Waals surface area contributed by atoms with Crippen LogP contribution in [0.4, 0.5) is 13.2 Å². The van der Waals surface area contributed by atoms with Gasteiger partial charge in [-0.25, -0.2) is 4.98 Å². The number of benzene rings is 1. The summed E-state index contributed by atoms with van der Waals surface area (Å²) in [6.45, 7) is 2.27. The second kappa shape index (κ2) is 7.45. The molecule has 1 amide bonds. The number of rotatable bonds is 6. The first-order valence-electron chi connectivity index (χ1n) is 6.84. The quantitative estimate of drug-likeness (QED) is 0.871. The summed E-state index contributed by atoms with van der Waals surface area (Å²) in [6, 6.07) is 5.50. The van der Waals surface area contributed by atoms with Gasteiger partial charge in [0, 0.05) is 17.5 Å². The zero-order valence-electron chi connectivity index (χ0n) is 12.3. The van der Waals surface area contributed by atoms with Gasteiger partial charge in [0.05, 0.1) is 6.54 Å². The molecular formula is C15H15F3N2O2S. The number of amides is 1. The van der Waals surface area contributed by atoms with Gasteiger partial charge in [-0.1, -0.05) is 12.1 Å². The SMILES string of the molecule is Cc1csc(CNC(=O)CCc2ccc(OC(F)(F)F)cc2)n1. The van der Waals surface area contributed by atoms with Crippen LogP contribution in [0.1, 0.15) is 22.7 Å². The van der Waals surface area contributed by atoms with Crippen LogP contribution in [0.5, 0.6) is 5.75 Å². The second-order valence-electron chi connectivity index (χ2n) is 4.85. The van der Waals surface area contributed by atoms with Gasteiger partial charge in [0.1, 0.15) is 10.8 Å². The van der Waals surface area contributed by atoms with E-state index in [-0.39, 0.29) is 18.1 Å². The number of hydrogen-bond acceptors (Lipinski definition) is 4. The van der Waals surface area contributed by atoms with E-state index in [1.165, 1.54) is 35.6 Å². The summed E-state index contributed by atoms with van der Waals surface area (Å²) in [5, 5.41) is 5.51. The zero-order valence-corrected chi connectivity index (χ0v) is 13.1. The van der Waals surface area contributed by atoms with Crippen LogP contribution in [0.3, 0.4) is 0 Å². The maximum atomic E-state index is 12.0. The van der Waals surface area contributed by atoms with Gasteiger partial charge < -0.3 is 10.1 Å². The van der Waals surface area contributed by atoms with Crippen LogP contribution >= 0.6 is 11.3 Å². The Labute approximate surface area is 135 Å². The Hall–Kier alpha value is -2.09. The van der Waals surface area contributed by atoms with Crippen molar-refractivity contribution < 1.29 is 22.7 Å². The van der Waals surface area contributed by atoms with E-state index in [1.807, 2.05) is 12.3 Å². The lowest BCUT2D eigenvalue weighted by Crippen LogP contribution is -2.22. The minimum atomic E-state index is -4.70. The number of hydrogen-bond donors (Lipinski definition) is 1. The van der Waals surface area contributed by atoms with E-state index >= 15 is 0 Å². The van der Waals surface area contributed by atoms with Gasteiger partial charge in [-0.05, 0) is 31.0 Å². The van der Waals surface area contributed by atoms with E-state index in [2.05, 4.69) is 15.0 Å². The van der Waals surface area contributed by atoms with E-state index in [1.54, 1.807) is 0 Å². The first-order chi connectivity index (χ1) is 10.8. The predicted molar refractivity (Wildman–Crippen MR) is 80.1 cm³/mol. The van der Waals surface area contributed by atoms with Crippen molar-refractivity contribution >= 4 is 17.2 Å². The monoisotopic (exact) mass is 344 g/mol. The lowest BCUT2D eigenvalue weighted by Gasteiger charge is -2.09. The summed E-state index contributed by atoms with van der Waals surface area (Å²) in [5.41, 5.74) is 1.68. The first kappa shape index (κ1) is 17.3. The summed E-state index contributed by atoms with van der Waals surface area (Å²) in [5.74, 6) is -0.404. The molecule has 0 unspecified atom stereocenters. The second-order valence-corrected chi connectivity index (χ2v) is 5.79. The largest absolute Gasteiger partial charge is 0.573 e. The van der Waals surface area contributed by atoms with Gasteiger partial charge in [-0.2, -0.15) is 0 Å². The molecule has 0 radical (unpaired) electrons. The van der Waals surface area contributed by atoms with Crippen LogP contribution in [0.25, 0.3) is 0 Å². The van der Waals surface area contributed by atoms with Crippen molar-refractivity contribution in [2.24, 2.45) is 0 Å². The molecule has 1 N–H and O–H groups in total.